The molecule has 0 aliphatic carbocycles. The maximum atomic E-state index is 9.87. The number of fused-ring (bicyclic) bond motifs is 1. The predicted molar refractivity (Wildman–Crippen MR) is 66.9 cm³/mol. The number of aliphatic hydroxyl groups is 1. The smallest absolute Gasteiger partial charge is 0.231 e. The fourth-order valence-electron chi connectivity index (χ4n) is 1.98. The van der Waals surface area contributed by atoms with Gasteiger partial charge < -0.3 is 25.0 Å². The molecule has 0 fully saturated rings. The van der Waals surface area contributed by atoms with Crippen LogP contribution < -0.4 is 14.8 Å². The summed E-state index contributed by atoms with van der Waals surface area (Å²) in [5.74, 6) is 1.45. The number of aliphatic hydroxyl groups excluding tert-OH is 1. The lowest BCUT2D eigenvalue weighted by molar-refractivity contribution is 0.174. The summed E-state index contributed by atoms with van der Waals surface area (Å²) in [6.45, 7) is 2.97. The first-order valence-electron chi connectivity index (χ1n) is 6.20. The van der Waals surface area contributed by atoms with Crippen LogP contribution in [0.2, 0.25) is 0 Å². The van der Waals surface area contributed by atoms with Crippen molar-refractivity contribution in [2.24, 2.45) is 0 Å². The molecule has 0 aromatic heterocycles. The summed E-state index contributed by atoms with van der Waals surface area (Å²) in [5.41, 5.74) is 0.774. The van der Waals surface area contributed by atoms with E-state index in [1.165, 1.54) is 0 Å². The monoisotopic (exact) mass is 253 g/mol. The summed E-state index contributed by atoms with van der Waals surface area (Å²) in [4.78, 5) is 0. The average molecular weight is 253 g/mol. The van der Waals surface area contributed by atoms with E-state index in [0.717, 1.165) is 12.0 Å². The Balaban J connectivity index is 2.01. The van der Waals surface area contributed by atoms with Crippen molar-refractivity contribution in [2.45, 2.75) is 32.4 Å². The van der Waals surface area contributed by atoms with Crippen LogP contribution in [0.25, 0.3) is 0 Å². The van der Waals surface area contributed by atoms with E-state index in [-0.39, 0.29) is 25.2 Å². The highest BCUT2D eigenvalue weighted by Gasteiger charge is 2.17. The van der Waals surface area contributed by atoms with Gasteiger partial charge in [-0.1, -0.05) is 6.92 Å². The van der Waals surface area contributed by atoms with E-state index in [9.17, 15) is 5.11 Å². The minimum absolute atomic E-state index is 0.165. The van der Waals surface area contributed by atoms with Crippen molar-refractivity contribution in [1.82, 2.24) is 5.32 Å². The Kier molecular flexibility index (Phi) is 4.28. The van der Waals surface area contributed by atoms with Crippen LogP contribution in [0.15, 0.2) is 12.1 Å². The molecule has 1 aliphatic rings. The topological polar surface area (TPSA) is 71.0 Å². The van der Waals surface area contributed by atoms with Gasteiger partial charge in [0.2, 0.25) is 6.79 Å². The summed E-state index contributed by atoms with van der Waals surface area (Å²) in [5, 5.41) is 22.1. The second-order valence-corrected chi connectivity index (χ2v) is 4.33. The van der Waals surface area contributed by atoms with Crippen LogP contribution in [0, 0.1) is 0 Å². The van der Waals surface area contributed by atoms with Gasteiger partial charge in [0.15, 0.2) is 11.5 Å². The van der Waals surface area contributed by atoms with Crippen LogP contribution in [0.3, 0.4) is 0 Å². The van der Waals surface area contributed by atoms with Crippen molar-refractivity contribution in [2.75, 3.05) is 13.4 Å². The van der Waals surface area contributed by atoms with Gasteiger partial charge in [-0.3, -0.25) is 0 Å². The predicted octanol–water partition coefficient (Wildman–Crippen LogP) is 1.37. The second-order valence-electron chi connectivity index (χ2n) is 4.33. The van der Waals surface area contributed by atoms with Crippen LogP contribution in [-0.2, 0) is 6.54 Å². The molecule has 1 aromatic rings. The number of ether oxygens (including phenoxy) is 2. The fraction of sp³-hybridized carbons (Fsp3) is 0.538. The normalized spacial score (nSPS) is 14.8. The minimum atomic E-state index is 0.165. The molecule has 0 spiro atoms. The van der Waals surface area contributed by atoms with Crippen LogP contribution in [0.4, 0.5) is 0 Å². The van der Waals surface area contributed by atoms with Gasteiger partial charge in [0, 0.05) is 30.8 Å². The van der Waals surface area contributed by atoms with Gasteiger partial charge in [0.25, 0.3) is 0 Å². The second kappa shape index (κ2) is 5.93. The number of aromatic hydroxyl groups is 1. The van der Waals surface area contributed by atoms with Gasteiger partial charge in [-0.15, -0.1) is 0 Å². The highest BCUT2D eigenvalue weighted by molar-refractivity contribution is 5.51. The summed E-state index contributed by atoms with van der Waals surface area (Å²) < 4.78 is 10.5. The highest BCUT2D eigenvalue weighted by atomic mass is 16.7. The number of hydrogen-bond acceptors (Lipinski definition) is 5. The molecular weight excluding hydrogens is 234 g/mol. The van der Waals surface area contributed by atoms with Gasteiger partial charge in [-0.25, -0.2) is 0 Å². The van der Waals surface area contributed by atoms with Crippen molar-refractivity contribution in [3.63, 3.8) is 0 Å². The van der Waals surface area contributed by atoms with Crippen LogP contribution in [0.1, 0.15) is 25.3 Å². The average Bonchev–Trinajstić information content (AvgIpc) is 2.81. The molecule has 1 unspecified atom stereocenters. The molecule has 0 saturated carbocycles. The zero-order chi connectivity index (χ0) is 13.0. The Bertz CT molecular complexity index is 408. The standard InChI is InChI=1S/C13H19NO4/c1-2-10(3-4-15)14-7-9-5-12-13(6-11(9)16)18-8-17-12/h5-6,10,14-16H,2-4,7-8H2,1H3. The number of hydrogen-bond donors (Lipinski definition) is 3. The molecule has 0 bridgehead atoms. The van der Waals surface area contributed by atoms with Crippen molar-refractivity contribution in [1.29, 1.82) is 0 Å². The maximum Gasteiger partial charge on any atom is 0.231 e. The number of phenols is 1. The van der Waals surface area contributed by atoms with Crippen molar-refractivity contribution >= 4 is 0 Å². The van der Waals surface area contributed by atoms with Crippen molar-refractivity contribution in [3.05, 3.63) is 17.7 Å². The largest absolute Gasteiger partial charge is 0.507 e. The molecule has 2 rings (SSSR count). The van der Waals surface area contributed by atoms with Gasteiger partial charge in [0.1, 0.15) is 5.75 Å². The molecule has 5 nitrogen and oxygen atoms in total. The Labute approximate surface area is 106 Å². The number of rotatable bonds is 6. The summed E-state index contributed by atoms with van der Waals surface area (Å²) >= 11 is 0. The van der Waals surface area contributed by atoms with Gasteiger partial charge in [-0.2, -0.15) is 0 Å². The van der Waals surface area contributed by atoms with Gasteiger partial charge in [-0.05, 0) is 18.9 Å². The van der Waals surface area contributed by atoms with Crippen molar-refractivity contribution in [3.8, 4) is 17.2 Å². The molecule has 1 aromatic carbocycles. The highest BCUT2D eigenvalue weighted by Crippen LogP contribution is 2.37. The molecule has 1 atom stereocenters. The zero-order valence-corrected chi connectivity index (χ0v) is 10.5. The summed E-state index contributed by atoms with van der Waals surface area (Å²) in [6, 6.07) is 3.61. The zero-order valence-electron chi connectivity index (χ0n) is 10.5. The van der Waals surface area contributed by atoms with Crippen LogP contribution in [-0.4, -0.2) is 29.7 Å². The maximum absolute atomic E-state index is 9.87. The molecule has 1 heterocycles. The van der Waals surface area contributed by atoms with Gasteiger partial charge >= 0.3 is 0 Å². The Hall–Kier alpha value is -1.46. The van der Waals surface area contributed by atoms with Gasteiger partial charge in [0.05, 0.1) is 0 Å². The van der Waals surface area contributed by atoms with Crippen molar-refractivity contribution < 1.29 is 19.7 Å². The Morgan fingerprint density at radius 2 is 2.06 bits per heavy atom. The van der Waals surface area contributed by atoms with E-state index in [4.69, 9.17) is 14.6 Å². The first-order valence-corrected chi connectivity index (χ1v) is 6.20. The lowest BCUT2D eigenvalue weighted by atomic mass is 10.1. The number of nitrogens with one attached hydrogen (secondary N) is 1. The van der Waals surface area contributed by atoms with Crippen LogP contribution in [0.5, 0.6) is 17.2 Å². The molecule has 0 amide bonds. The van der Waals surface area contributed by atoms with Crippen LogP contribution >= 0.6 is 0 Å². The molecule has 0 saturated heterocycles. The van der Waals surface area contributed by atoms with E-state index in [1.807, 2.05) is 0 Å². The molecular formula is C13H19NO4. The number of benzene rings is 1. The van der Waals surface area contributed by atoms with E-state index in [0.29, 0.717) is 24.5 Å². The molecule has 5 heteroatoms. The lowest BCUT2D eigenvalue weighted by Crippen LogP contribution is -2.28. The number of phenolic OH excluding ortho intramolecular Hbond substituents is 1. The first kappa shape index (κ1) is 13.0. The Morgan fingerprint density at radius 3 is 2.72 bits per heavy atom. The summed E-state index contributed by atoms with van der Waals surface area (Å²) in [6.07, 6.45) is 1.65. The SMILES string of the molecule is CCC(CCO)NCc1cc2c(cc1O)OCO2. The van der Waals surface area contributed by atoms with E-state index in [1.54, 1.807) is 12.1 Å². The molecule has 1 aliphatic heterocycles. The molecule has 18 heavy (non-hydrogen) atoms. The summed E-state index contributed by atoms with van der Waals surface area (Å²) in [7, 11) is 0. The van der Waals surface area contributed by atoms with E-state index < -0.39 is 0 Å². The fourth-order valence-corrected chi connectivity index (χ4v) is 1.98. The molecule has 0 radical (unpaired) electrons. The lowest BCUT2D eigenvalue weighted by Gasteiger charge is -2.16. The van der Waals surface area contributed by atoms with E-state index in [2.05, 4.69) is 12.2 Å². The molecule has 100 valence electrons. The third kappa shape index (κ3) is 2.86. The quantitative estimate of drug-likeness (QED) is 0.714. The first-order chi connectivity index (χ1) is 8.74. The minimum Gasteiger partial charge on any atom is -0.507 e. The third-order valence-electron chi connectivity index (χ3n) is 3.13. The Morgan fingerprint density at radius 1 is 1.33 bits per heavy atom. The third-order valence-corrected chi connectivity index (χ3v) is 3.13. The van der Waals surface area contributed by atoms with E-state index >= 15 is 0 Å². The molecule has 3 N–H and O–H groups in total.